The van der Waals surface area contributed by atoms with Gasteiger partial charge in [-0.15, -0.1) is 0 Å². The smallest absolute Gasteiger partial charge is 0.244 e. The number of amides is 1. The first-order valence-corrected chi connectivity index (χ1v) is 11.8. The number of anilines is 1. The Labute approximate surface area is 196 Å². The maximum absolute atomic E-state index is 13.1. The fourth-order valence-corrected chi connectivity index (χ4v) is 5.41. The predicted molar refractivity (Wildman–Crippen MR) is 126 cm³/mol. The van der Waals surface area contributed by atoms with Crippen molar-refractivity contribution in [2.45, 2.75) is 24.3 Å². The van der Waals surface area contributed by atoms with E-state index in [-0.39, 0.29) is 27.1 Å². The lowest BCUT2D eigenvalue weighted by Gasteiger charge is -2.20. The summed E-state index contributed by atoms with van der Waals surface area (Å²) in [5.41, 5.74) is 1.54. The Kier molecular flexibility index (Phi) is 7.69. The lowest BCUT2D eigenvalue weighted by molar-refractivity contribution is -0.117. The molecule has 0 spiro atoms. The second kappa shape index (κ2) is 10.3. The van der Waals surface area contributed by atoms with E-state index in [9.17, 15) is 18.0 Å². The van der Waals surface area contributed by atoms with Gasteiger partial charge in [0.05, 0.1) is 10.0 Å². The highest BCUT2D eigenvalue weighted by atomic mass is 35.5. The summed E-state index contributed by atoms with van der Waals surface area (Å²) in [5.74, 6) is -0.752. The summed E-state index contributed by atoms with van der Waals surface area (Å²) in [7, 11) is -4.23. The van der Waals surface area contributed by atoms with Gasteiger partial charge >= 0.3 is 0 Å². The van der Waals surface area contributed by atoms with Gasteiger partial charge in [0.15, 0.2) is 5.78 Å². The summed E-state index contributed by atoms with van der Waals surface area (Å²) in [6, 6.07) is 18.5. The standard InChI is InChI=1S/C23H20Cl2N2O4S/c1-15(28)17-9-5-10-18(14-17)26-23(29)21(13-16-7-3-2-4-8-16)27-32(30,31)22-19(24)11-6-12-20(22)25/h2-12,14,21,27H,13H2,1H3,(H,26,29)/t21-/m1/s1. The van der Waals surface area contributed by atoms with Gasteiger partial charge in [0.25, 0.3) is 0 Å². The maximum Gasteiger partial charge on any atom is 0.244 e. The molecule has 0 fully saturated rings. The topological polar surface area (TPSA) is 92.3 Å². The molecule has 3 rings (SSSR count). The molecule has 6 nitrogen and oxygen atoms in total. The highest BCUT2D eigenvalue weighted by Gasteiger charge is 2.29. The summed E-state index contributed by atoms with van der Waals surface area (Å²) < 4.78 is 28.6. The van der Waals surface area contributed by atoms with Crippen LogP contribution in [0.5, 0.6) is 0 Å². The summed E-state index contributed by atoms with van der Waals surface area (Å²) in [6.45, 7) is 1.42. The van der Waals surface area contributed by atoms with Crippen LogP contribution in [-0.4, -0.2) is 26.2 Å². The number of hydrogen-bond donors (Lipinski definition) is 2. The van der Waals surface area contributed by atoms with E-state index in [0.29, 0.717) is 11.3 Å². The van der Waals surface area contributed by atoms with Gasteiger partial charge in [-0.05, 0) is 43.2 Å². The summed E-state index contributed by atoms with van der Waals surface area (Å²) in [6.07, 6.45) is 0.0837. The molecule has 1 atom stereocenters. The van der Waals surface area contributed by atoms with E-state index in [1.165, 1.54) is 31.2 Å². The van der Waals surface area contributed by atoms with Crippen LogP contribution in [0.4, 0.5) is 5.69 Å². The van der Waals surface area contributed by atoms with Crippen LogP contribution in [0.1, 0.15) is 22.8 Å². The first kappa shape index (κ1) is 23.9. The van der Waals surface area contributed by atoms with Crippen molar-refractivity contribution in [2.75, 3.05) is 5.32 Å². The zero-order chi connectivity index (χ0) is 23.3. The maximum atomic E-state index is 13.1. The van der Waals surface area contributed by atoms with Gasteiger partial charge in [-0.1, -0.05) is 71.7 Å². The molecule has 3 aromatic rings. The molecule has 1 amide bonds. The van der Waals surface area contributed by atoms with Crippen LogP contribution in [0.15, 0.2) is 77.7 Å². The van der Waals surface area contributed by atoms with Crippen molar-refractivity contribution in [3.05, 3.63) is 94.0 Å². The van der Waals surface area contributed by atoms with Gasteiger partial charge in [0, 0.05) is 11.3 Å². The number of hydrogen-bond acceptors (Lipinski definition) is 4. The molecule has 0 saturated carbocycles. The third-order valence-electron chi connectivity index (χ3n) is 4.62. The zero-order valence-electron chi connectivity index (χ0n) is 17.0. The molecular formula is C23H20Cl2N2O4S. The van der Waals surface area contributed by atoms with E-state index in [1.54, 1.807) is 42.5 Å². The normalized spacial score (nSPS) is 12.2. The summed E-state index contributed by atoms with van der Waals surface area (Å²) in [5, 5.41) is 2.56. The average Bonchev–Trinajstić information content (AvgIpc) is 2.73. The molecule has 166 valence electrons. The molecule has 32 heavy (non-hydrogen) atoms. The third-order valence-corrected chi connectivity index (χ3v) is 7.05. The van der Waals surface area contributed by atoms with Gasteiger partial charge in [-0.3, -0.25) is 9.59 Å². The van der Waals surface area contributed by atoms with Crippen LogP contribution >= 0.6 is 23.2 Å². The molecular weight excluding hydrogens is 471 g/mol. The Morgan fingerprint density at radius 1 is 0.906 bits per heavy atom. The van der Waals surface area contributed by atoms with Crippen LogP contribution in [0.3, 0.4) is 0 Å². The van der Waals surface area contributed by atoms with E-state index in [2.05, 4.69) is 10.0 Å². The number of sulfonamides is 1. The number of Topliss-reactive ketones (excluding diaryl/α,β-unsaturated/α-hetero) is 1. The molecule has 0 aliphatic heterocycles. The van der Waals surface area contributed by atoms with E-state index in [4.69, 9.17) is 23.2 Å². The van der Waals surface area contributed by atoms with Crippen molar-refractivity contribution in [3.63, 3.8) is 0 Å². The van der Waals surface area contributed by atoms with Crippen LogP contribution < -0.4 is 10.0 Å². The SMILES string of the molecule is CC(=O)c1cccc(NC(=O)[C@@H](Cc2ccccc2)NS(=O)(=O)c2c(Cl)cccc2Cl)c1. The van der Waals surface area contributed by atoms with Crippen molar-refractivity contribution < 1.29 is 18.0 Å². The highest BCUT2D eigenvalue weighted by molar-refractivity contribution is 7.89. The Morgan fingerprint density at radius 3 is 2.16 bits per heavy atom. The van der Waals surface area contributed by atoms with E-state index < -0.39 is 22.0 Å². The molecule has 0 unspecified atom stereocenters. The number of nitrogens with one attached hydrogen (secondary N) is 2. The minimum Gasteiger partial charge on any atom is -0.325 e. The van der Waals surface area contributed by atoms with Gasteiger partial charge in [-0.25, -0.2) is 8.42 Å². The number of rotatable bonds is 8. The molecule has 0 radical (unpaired) electrons. The monoisotopic (exact) mass is 490 g/mol. The molecule has 2 N–H and O–H groups in total. The highest BCUT2D eigenvalue weighted by Crippen LogP contribution is 2.29. The summed E-state index contributed by atoms with van der Waals surface area (Å²) in [4.78, 5) is 24.4. The van der Waals surface area contributed by atoms with Crippen LogP contribution in [-0.2, 0) is 21.2 Å². The molecule has 9 heteroatoms. The molecule has 3 aromatic carbocycles. The Bertz CT molecular complexity index is 1230. The van der Waals surface area contributed by atoms with Crippen molar-refractivity contribution in [2.24, 2.45) is 0 Å². The van der Waals surface area contributed by atoms with Gasteiger partial charge in [0.1, 0.15) is 10.9 Å². The Hall–Kier alpha value is -2.71. The number of carbonyl (C=O) groups is 2. The molecule has 0 bridgehead atoms. The van der Waals surface area contributed by atoms with Crippen molar-refractivity contribution in [1.82, 2.24) is 4.72 Å². The van der Waals surface area contributed by atoms with Crippen LogP contribution in [0.25, 0.3) is 0 Å². The minimum atomic E-state index is -4.23. The van der Waals surface area contributed by atoms with Gasteiger partial charge in [0.2, 0.25) is 15.9 Å². The molecule has 0 saturated heterocycles. The van der Waals surface area contributed by atoms with Crippen molar-refractivity contribution in [1.29, 1.82) is 0 Å². The first-order chi connectivity index (χ1) is 15.2. The second-order valence-corrected chi connectivity index (χ2v) is 9.51. The van der Waals surface area contributed by atoms with E-state index in [1.807, 2.05) is 6.07 Å². The quantitative estimate of drug-likeness (QED) is 0.446. The molecule has 0 heterocycles. The number of ketones is 1. The van der Waals surface area contributed by atoms with Gasteiger partial charge in [-0.2, -0.15) is 4.72 Å². The van der Waals surface area contributed by atoms with Crippen molar-refractivity contribution in [3.8, 4) is 0 Å². The van der Waals surface area contributed by atoms with E-state index >= 15 is 0 Å². The van der Waals surface area contributed by atoms with E-state index in [0.717, 1.165) is 5.56 Å². The first-order valence-electron chi connectivity index (χ1n) is 9.59. The lowest BCUT2D eigenvalue weighted by Crippen LogP contribution is -2.45. The van der Waals surface area contributed by atoms with Gasteiger partial charge < -0.3 is 5.32 Å². The molecule has 0 aliphatic rings. The third kappa shape index (κ3) is 5.95. The summed E-state index contributed by atoms with van der Waals surface area (Å²) >= 11 is 12.2. The zero-order valence-corrected chi connectivity index (χ0v) is 19.3. The lowest BCUT2D eigenvalue weighted by atomic mass is 10.1. The fraction of sp³-hybridized carbons (Fsp3) is 0.130. The molecule has 0 aromatic heterocycles. The van der Waals surface area contributed by atoms with Crippen LogP contribution in [0.2, 0.25) is 10.0 Å². The fourth-order valence-electron chi connectivity index (χ4n) is 3.07. The predicted octanol–water partition coefficient (Wildman–Crippen LogP) is 4.72. The molecule has 0 aliphatic carbocycles. The van der Waals surface area contributed by atoms with Crippen LogP contribution in [0, 0.1) is 0 Å². The number of benzene rings is 3. The number of carbonyl (C=O) groups excluding carboxylic acids is 2. The second-order valence-electron chi connectivity index (χ2n) is 7.04. The average molecular weight is 491 g/mol. The Balaban J connectivity index is 1.92. The Morgan fingerprint density at radius 2 is 1.53 bits per heavy atom. The minimum absolute atomic E-state index is 0.0574. The van der Waals surface area contributed by atoms with Crippen molar-refractivity contribution >= 4 is 50.6 Å². The largest absolute Gasteiger partial charge is 0.325 e. The number of halogens is 2.